The smallest absolute Gasteiger partial charge is 0.240 e. The lowest BCUT2D eigenvalue weighted by atomic mass is 10.2. The van der Waals surface area contributed by atoms with Crippen LogP contribution in [0.25, 0.3) is 0 Å². The Morgan fingerprint density at radius 2 is 1.72 bits per heavy atom. The zero-order chi connectivity index (χ0) is 17.6. The summed E-state index contributed by atoms with van der Waals surface area (Å²) in [5, 5.41) is 2.86. The number of nitrogens with zero attached hydrogens (tertiary/aromatic N) is 2. The SMILES string of the molecule is CNCC(=O)N1CCN(CCNS(=O)(=O)c2ccc(C)cc2)CC1.Cl. The summed E-state index contributed by atoms with van der Waals surface area (Å²) in [6.07, 6.45) is 0. The summed E-state index contributed by atoms with van der Waals surface area (Å²) in [7, 11) is -1.70. The molecular formula is C16H27ClN4O3S. The number of sulfonamides is 1. The van der Waals surface area contributed by atoms with E-state index in [4.69, 9.17) is 0 Å². The van der Waals surface area contributed by atoms with Crippen molar-refractivity contribution in [3.63, 3.8) is 0 Å². The van der Waals surface area contributed by atoms with Crippen LogP contribution in [0.1, 0.15) is 5.56 Å². The van der Waals surface area contributed by atoms with E-state index in [2.05, 4.69) is 14.9 Å². The van der Waals surface area contributed by atoms with Crippen LogP contribution in [0.3, 0.4) is 0 Å². The van der Waals surface area contributed by atoms with E-state index >= 15 is 0 Å². The van der Waals surface area contributed by atoms with Crippen molar-refractivity contribution in [3.8, 4) is 0 Å². The average Bonchev–Trinajstić information content (AvgIpc) is 2.56. The van der Waals surface area contributed by atoms with E-state index in [9.17, 15) is 13.2 Å². The second-order valence-corrected chi connectivity index (χ2v) is 7.73. The first-order chi connectivity index (χ1) is 11.4. The van der Waals surface area contributed by atoms with Gasteiger partial charge < -0.3 is 10.2 Å². The fourth-order valence-corrected chi connectivity index (χ4v) is 3.64. The van der Waals surface area contributed by atoms with Crippen molar-refractivity contribution in [2.24, 2.45) is 0 Å². The fraction of sp³-hybridized carbons (Fsp3) is 0.562. The van der Waals surface area contributed by atoms with Gasteiger partial charge in [0.05, 0.1) is 11.4 Å². The van der Waals surface area contributed by atoms with Crippen molar-refractivity contribution in [2.45, 2.75) is 11.8 Å². The Labute approximate surface area is 156 Å². The molecule has 0 aliphatic carbocycles. The third-order valence-corrected chi connectivity index (χ3v) is 5.58. The van der Waals surface area contributed by atoms with Gasteiger partial charge in [-0.05, 0) is 26.1 Å². The molecule has 0 saturated carbocycles. The van der Waals surface area contributed by atoms with Crippen LogP contribution in [0, 0.1) is 6.92 Å². The van der Waals surface area contributed by atoms with Gasteiger partial charge in [0.25, 0.3) is 0 Å². The predicted molar refractivity (Wildman–Crippen MR) is 101 cm³/mol. The van der Waals surface area contributed by atoms with Crippen LogP contribution in [0.5, 0.6) is 0 Å². The molecule has 0 atom stereocenters. The zero-order valence-electron chi connectivity index (χ0n) is 14.7. The number of carbonyl (C=O) groups excluding carboxylic acids is 1. The van der Waals surface area contributed by atoms with Crippen LogP contribution in [0.15, 0.2) is 29.2 Å². The molecule has 1 heterocycles. The third kappa shape index (κ3) is 6.56. The highest BCUT2D eigenvalue weighted by Gasteiger charge is 2.21. The normalized spacial score (nSPS) is 15.7. The molecule has 0 bridgehead atoms. The highest BCUT2D eigenvalue weighted by Crippen LogP contribution is 2.09. The number of benzene rings is 1. The summed E-state index contributed by atoms with van der Waals surface area (Å²) in [5.74, 6) is 0.109. The second-order valence-electron chi connectivity index (χ2n) is 5.96. The Kier molecular flexibility index (Phi) is 8.81. The molecule has 1 saturated heterocycles. The lowest BCUT2D eigenvalue weighted by molar-refractivity contribution is -0.131. The number of nitrogens with one attached hydrogen (secondary N) is 2. The molecule has 1 aromatic rings. The molecule has 0 unspecified atom stereocenters. The largest absolute Gasteiger partial charge is 0.339 e. The molecule has 2 N–H and O–H groups in total. The van der Waals surface area contributed by atoms with E-state index in [1.807, 2.05) is 11.8 Å². The summed E-state index contributed by atoms with van der Waals surface area (Å²) in [6, 6.07) is 6.81. The Morgan fingerprint density at radius 3 is 2.28 bits per heavy atom. The van der Waals surface area contributed by atoms with Crippen molar-refractivity contribution < 1.29 is 13.2 Å². The number of rotatable bonds is 7. The van der Waals surface area contributed by atoms with E-state index in [1.54, 1.807) is 31.3 Å². The van der Waals surface area contributed by atoms with Crippen LogP contribution >= 0.6 is 12.4 Å². The van der Waals surface area contributed by atoms with Crippen LogP contribution in [0.4, 0.5) is 0 Å². The molecule has 2 rings (SSSR count). The summed E-state index contributed by atoms with van der Waals surface area (Å²) < 4.78 is 27.1. The molecular weight excluding hydrogens is 364 g/mol. The molecule has 1 amide bonds. The predicted octanol–water partition coefficient (Wildman–Crippen LogP) is 0.0587. The maximum atomic E-state index is 12.2. The molecule has 142 valence electrons. The summed E-state index contributed by atoms with van der Waals surface area (Å²) in [6.45, 7) is 6.18. The Morgan fingerprint density at radius 1 is 1.12 bits per heavy atom. The number of aryl methyl sites for hydroxylation is 1. The summed E-state index contributed by atoms with van der Waals surface area (Å²) in [4.78, 5) is 16.1. The lowest BCUT2D eigenvalue weighted by Crippen LogP contribution is -2.51. The number of piperazine rings is 1. The van der Waals surface area contributed by atoms with Crippen molar-refractivity contribution in [2.75, 3.05) is 52.9 Å². The van der Waals surface area contributed by atoms with Gasteiger partial charge in [-0.25, -0.2) is 13.1 Å². The fourth-order valence-electron chi connectivity index (χ4n) is 2.62. The Balaban J connectivity index is 0.00000312. The van der Waals surface area contributed by atoms with Crippen molar-refractivity contribution in [3.05, 3.63) is 29.8 Å². The van der Waals surface area contributed by atoms with Crippen LogP contribution in [-0.2, 0) is 14.8 Å². The summed E-state index contributed by atoms with van der Waals surface area (Å²) >= 11 is 0. The minimum Gasteiger partial charge on any atom is -0.339 e. The molecule has 25 heavy (non-hydrogen) atoms. The number of hydrogen-bond donors (Lipinski definition) is 2. The van der Waals surface area contributed by atoms with Gasteiger partial charge in [0.2, 0.25) is 15.9 Å². The van der Waals surface area contributed by atoms with Gasteiger partial charge in [-0.2, -0.15) is 0 Å². The monoisotopic (exact) mass is 390 g/mol. The van der Waals surface area contributed by atoms with Gasteiger partial charge in [-0.3, -0.25) is 9.69 Å². The standard InChI is InChI=1S/C16H26N4O3S.ClH/c1-14-3-5-15(6-4-14)24(22,23)18-7-8-19-9-11-20(12-10-19)16(21)13-17-2;/h3-6,17-18H,7-13H2,1-2H3;1H. The molecule has 1 fully saturated rings. The highest BCUT2D eigenvalue weighted by atomic mass is 35.5. The zero-order valence-corrected chi connectivity index (χ0v) is 16.3. The van der Waals surface area contributed by atoms with Gasteiger partial charge in [-0.1, -0.05) is 17.7 Å². The molecule has 1 aliphatic rings. The molecule has 9 heteroatoms. The van der Waals surface area contributed by atoms with Gasteiger partial charge >= 0.3 is 0 Å². The van der Waals surface area contributed by atoms with Crippen molar-refractivity contribution in [1.29, 1.82) is 0 Å². The first kappa shape index (κ1) is 21.9. The van der Waals surface area contributed by atoms with E-state index < -0.39 is 10.0 Å². The molecule has 0 spiro atoms. The van der Waals surface area contributed by atoms with Gasteiger partial charge in [0, 0.05) is 39.3 Å². The molecule has 0 radical (unpaired) electrons. The van der Waals surface area contributed by atoms with Crippen LogP contribution in [0.2, 0.25) is 0 Å². The second kappa shape index (κ2) is 10.1. The molecule has 7 nitrogen and oxygen atoms in total. The van der Waals surface area contributed by atoms with E-state index in [0.717, 1.165) is 18.7 Å². The van der Waals surface area contributed by atoms with Gasteiger partial charge in [0.1, 0.15) is 0 Å². The Bertz CT molecular complexity index is 644. The minimum absolute atomic E-state index is 0. The molecule has 1 aromatic carbocycles. The van der Waals surface area contributed by atoms with E-state index in [-0.39, 0.29) is 23.2 Å². The van der Waals surface area contributed by atoms with Crippen LogP contribution in [-0.4, -0.2) is 77.0 Å². The van der Waals surface area contributed by atoms with Gasteiger partial charge in [0.15, 0.2) is 0 Å². The van der Waals surface area contributed by atoms with Crippen molar-refractivity contribution in [1.82, 2.24) is 19.8 Å². The number of amides is 1. The number of carbonyl (C=O) groups is 1. The van der Waals surface area contributed by atoms with E-state index in [0.29, 0.717) is 32.7 Å². The maximum absolute atomic E-state index is 12.2. The molecule has 1 aliphatic heterocycles. The Hall–Kier alpha value is -1.19. The third-order valence-electron chi connectivity index (χ3n) is 4.10. The number of hydrogen-bond acceptors (Lipinski definition) is 5. The number of likely N-dealkylation sites (N-methyl/N-ethyl adjacent to an activating group) is 1. The topological polar surface area (TPSA) is 81.8 Å². The van der Waals surface area contributed by atoms with Crippen LogP contribution < -0.4 is 10.0 Å². The molecule has 0 aromatic heterocycles. The quantitative estimate of drug-likeness (QED) is 0.688. The number of halogens is 1. The first-order valence-corrected chi connectivity index (χ1v) is 9.62. The van der Waals surface area contributed by atoms with Gasteiger partial charge in [-0.15, -0.1) is 12.4 Å². The first-order valence-electron chi connectivity index (χ1n) is 8.13. The van der Waals surface area contributed by atoms with E-state index in [1.165, 1.54) is 0 Å². The summed E-state index contributed by atoms with van der Waals surface area (Å²) in [5.41, 5.74) is 1.03. The maximum Gasteiger partial charge on any atom is 0.240 e. The minimum atomic E-state index is -3.46. The highest BCUT2D eigenvalue weighted by molar-refractivity contribution is 7.89. The lowest BCUT2D eigenvalue weighted by Gasteiger charge is -2.34. The van der Waals surface area contributed by atoms with Crippen molar-refractivity contribution >= 4 is 28.3 Å². The average molecular weight is 391 g/mol.